The van der Waals surface area contributed by atoms with E-state index in [9.17, 15) is 18.0 Å². The van der Waals surface area contributed by atoms with E-state index in [1.165, 1.54) is 21.3 Å². The molecule has 1 aliphatic rings. The normalized spacial score (nSPS) is 18.3. The second-order valence-corrected chi connectivity index (χ2v) is 6.70. The maximum atomic E-state index is 13.8. The molecule has 8 nitrogen and oxygen atoms in total. The molecule has 0 spiro atoms. The summed E-state index contributed by atoms with van der Waals surface area (Å²) in [5, 5.41) is 9.48. The SMILES string of the molecule is COCCNC(=O)c1cnn2c1N[C@@H](c1ccc(OC)c(OC)c1)C[C@H]2C(F)(F)F. The van der Waals surface area contributed by atoms with Crippen LogP contribution in [0.2, 0.25) is 0 Å². The van der Waals surface area contributed by atoms with Gasteiger partial charge in [0.25, 0.3) is 5.91 Å². The molecule has 0 bridgehead atoms. The second-order valence-electron chi connectivity index (χ2n) is 6.70. The van der Waals surface area contributed by atoms with Crippen LogP contribution in [-0.4, -0.2) is 56.3 Å². The van der Waals surface area contributed by atoms with Gasteiger partial charge in [-0.1, -0.05) is 6.07 Å². The Bertz CT molecular complexity index is 900. The van der Waals surface area contributed by atoms with Crippen molar-refractivity contribution in [3.63, 3.8) is 0 Å². The van der Waals surface area contributed by atoms with Crippen molar-refractivity contribution in [3.05, 3.63) is 35.5 Å². The van der Waals surface area contributed by atoms with E-state index in [0.717, 1.165) is 10.9 Å². The highest BCUT2D eigenvalue weighted by molar-refractivity contribution is 5.98. The van der Waals surface area contributed by atoms with E-state index in [-0.39, 0.29) is 31.0 Å². The molecule has 11 heteroatoms. The van der Waals surface area contributed by atoms with Crippen LogP contribution in [0.4, 0.5) is 19.0 Å². The van der Waals surface area contributed by atoms with E-state index in [2.05, 4.69) is 15.7 Å². The van der Waals surface area contributed by atoms with Crippen LogP contribution in [0, 0.1) is 0 Å². The van der Waals surface area contributed by atoms with Crippen LogP contribution >= 0.6 is 0 Å². The number of alkyl halides is 3. The van der Waals surface area contributed by atoms with Gasteiger partial charge in [-0.15, -0.1) is 0 Å². The summed E-state index contributed by atoms with van der Waals surface area (Å²) in [6.07, 6.45) is -3.69. The van der Waals surface area contributed by atoms with Crippen LogP contribution in [0.15, 0.2) is 24.4 Å². The first kappa shape index (κ1) is 21.8. The quantitative estimate of drug-likeness (QED) is 0.660. The first-order valence-electron chi connectivity index (χ1n) is 9.20. The standard InChI is InChI=1S/C19H23F3N4O4/c1-28-7-6-23-18(27)12-10-24-26-16(19(20,21)22)9-13(25-17(12)26)11-4-5-14(29-2)15(8-11)30-3/h4-5,8,10,13,16,25H,6-7,9H2,1-3H3,(H,23,27)/t13-,16+/m1/s1. The van der Waals surface area contributed by atoms with Crippen LogP contribution < -0.4 is 20.1 Å². The number of carbonyl (C=O) groups excluding carboxylic acids is 1. The Balaban J connectivity index is 1.96. The third-order valence-electron chi connectivity index (χ3n) is 4.88. The molecule has 0 unspecified atom stereocenters. The predicted octanol–water partition coefficient (Wildman–Crippen LogP) is 2.94. The summed E-state index contributed by atoms with van der Waals surface area (Å²) in [6.45, 7) is 0.504. The van der Waals surface area contributed by atoms with Crippen molar-refractivity contribution in [1.29, 1.82) is 0 Å². The fourth-order valence-electron chi connectivity index (χ4n) is 3.38. The highest BCUT2D eigenvalue weighted by Crippen LogP contribution is 2.45. The highest BCUT2D eigenvalue weighted by Gasteiger charge is 2.47. The topological polar surface area (TPSA) is 86.6 Å². The fraction of sp³-hybridized carbons (Fsp3) is 0.474. The molecule has 2 aromatic rings. The van der Waals surface area contributed by atoms with Gasteiger partial charge in [-0.3, -0.25) is 4.79 Å². The van der Waals surface area contributed by atoms with Crippen LogP contribution in [-0.2, 0) is 4.74 Å². The summed E-state index contributed by atoms with van der Waals surface area (Å²) in [5.41, 5.74) is 0.602. The fourth-order valence-corrected chi connectivity index (χ4v) is 3.38. The third-order valence-corrected chi connectivity index (χ3v) is 4.88. The summed E-state index contributed by atoms with van der Waals surface area (Å²) in [6, 6.07) is 2.31. The smallest absolute Gasteiger partial charge is 0.410 e. The molecule has 1 aliphatic heterocycles. The van der Waals surface area contributed by atoms with Crippen molar-refractivity contribution in [2.75, 3.05) is 39.8 Å². The largest absolute Gasteiger partial charge is 0.493 e. The average Bonchev–Trinajstić information content (AvgIpc) is 3.15. The number of amides is 1. The number of anilines is 1. The third kappa shape index (κ3) is 4.30. The molecule has 2 heterocycles. The number of fused-ring (bicyclic) bond motifs is 1. The number of hydrogen-bond acceptors (Lipinski definition) is 6. The van der Waals surface area contributed by atoms with Crippen molar-refractivity contribution in [3.8, 4) is 11.5 Å². The summed E-state index contributed by atoms with van der Waals surface area (Å²) < 4.78 is 57.5. The maximum Gasteiger partial charge on any atom is 0.410 e. The van der Waals surface area contributed by atoms with E-state index in [0.29, 0.717) is 17.1 Å². The van der Waals surface area contributed by atoms with E-state index in [1.54, 1.807) is 18.2 Å². The van der Waals surface area contributed by atoms with Crippen molar-refractivity contribution >= 4 is 11.7 Å². The molecule has 1 aromatic heterocycles. The number of carbonyl (C=O) groups is 1. The zero-order valence-electron chi connectivity index (χ0n) is 16.7. The maximum absolute atomic E-state index is 13.8. The Labute approximate surface area is 171 Å². The van der Waals surface area contributed by atoms with Gasteiger partial charge in [-0.2, -0.15) is 18.3 Å². The van der Waals surface area contributed by atoms with E-state index >= 15 is 0 Å². The lowest BCUT2D eigenvalue weighted by Gasteiger charge is -2.34. The lowest BCUT2D eigenvalue weighted by atomic mass is 9.96. The minimum Gasteiger partial charge on any atom is -0.493 e. The molecule has 3 rings (SSSR count). The molecule has 30 heavy (non-hydrogen) atoms. The number of ether oxygens (including phenoxy) is 3. The molecule has 0 saturated heterocycles. The zero-order chi connectivity index (χ0) is 21.9. The van der Waals surface area contributed by atoms with Gasteiger partial charge in [-0.05, 0) is 17.7 Å². The molecule has 2 N–H and O–H groups in total. The molecule has 1 aromatic carbocycles. The van der Waals surface area contributed by atoms with Crippen LogP contribution in [0.1, 0.15) is 34.4 Å². The van der Waals surface area contributed by atoms with Gasteiger partial charge in [0.2, 0.25) is 0 Å². The molecule has 0 radical (unpaired) electrons. The van der Waals surface area contributed by atoms with Crippen LogP contribution in [0.3, 0.4) is 0 Å². The van der Waals surface area contributed by atoms with Gasteiger partial charge < -0.3 is 24.8 Å². The van der Waals surface area contributed by atoms with E-state index in [4.69, 9.17) is 14.2 Å². The van der Waals surface area contributed by atoms with Crippen LogP contribution in [0.5, 0.6) is 11.5 Å². The molecule has 2 atom stereocenters. The Morgan fingerprint density at radius 2 is 2.00 bits per heavy atom. The molecule has 0 fully saturated rings. The number of aromatic nitrogens is 2. The van der Waals surface area contributed by atoms with Gasteiger partial charge >= 0.3 is 6.18 Å². The number of methoxy groups -OCH3 is 3. The summed E-state index contributed by atoms with van der Waals surface area (Å²) in [5.74, 6) is 0.345. The molecule has 164 valence electrons. The van der Waals surface area contributed by atoms with E-state index in [1.807, 2.05) is 0 Å². The lowest BCUT2D eigenvalue weighted by molar-refractivity contribution is -0.173. The first-order valence-corrected chi connectivity index (χ1v) is 9.20. The monoisotopic (exact) mass is 428 g/mol. The van der Waals surface area contributed by atoms with Gasteiger partial charge in [0.1, 0.15) is 11.4 Å². The Kier molecular flexibility index (Phi) is 6.40. The van der Waals surface area contributed by atoms with Gasteiger partial charge in [0, 0.05) is 20.1 Å². The minimum atomic E-state index is -4.54. The summed E-state index contributed by atoms with van der Waals surface area (Å²) in [4.78, 5) is 12.5. The highest BCUT2D eigenvalue weighted by atomic mass is 19.4. The van der Waals surface area contributed by atoms with E-state index < -0.39 is 24.2 Å². The Morgan fingerprint density at radius 1 is 1.27 bits per heavy atom. The first-order chi connectivity index (χ1) is 14.3. The summed E-state index contributed by atoms with van der Waals surface area (Å²) >= 11 is 0. The van der Waals surface area contributed by atoms with Crippen molar-refractivity contribution in [1.82, 2.24) is 15.1 Å². The van der Waals surface area contributed by atoms with Crippen molar-refractivity contribution in [2.24, 2.45) is 0 Å². The number of benzene rings is 1. The number of halogens is 3. The average molecular weight is 428 g/mol. The number of hydrogen-bond donors (Lipinski definition) is 2. The van der Waals surface area contributed by atoms with Gasteiger partial charge in [0.15, 0.2) is 17.5 Å². The van der Waals surface area contributed by atoms with Gasteiger partial charge in [-0.25, -0.2) is 4.68 Å². The molecular weight excluding hydrogens is 405 g/mol. The lowest BCUT2D eigenvalue weighted by Crippen LogP contribution is -2.36. The van der Waals surface area contributed by atoms with Crippen molar-refractivity contribution in [2.45, 2.75) is 24.7 Å². The Morgan fingerprint density at radius 3 is 2.63 bits per heavy atom. The number of rotatable bonds is 7. The summed E-state index contributed by atoms with van der Waals surface area (Å²) in [7, 11) is 4.41. The number of nitrogens with zero attached hydrogens (tertiary/aromatic N) is 2. The van der Waals surface area contributed by atoms with Crippen molar-refractivity contribution < 1.29 is 32.2 Å². The van der Waals surface area contributed by atoms with Gasteiger partial charge in [0.05, 0.1) is 33.1 Å². The molecule has 0 saturated carbocycles. The number of nitrogens with one attached hydrogen (secondary N) is 2. The molecular formula is C19H23F3N4O4. The predicted molar refractivity (Wildman–Crippen MR) is 102 cm³/mol. The zero-order valence-corrected chi connectivity index (χ0v) is 16.7. The minimum absolute atomic E-state index is 0.0123. The second kappa shape index (κ2) is 8.82. The van der Waals surface area contributed by atoms with Crippen LogP contribution in [0.25, 0.3) is 0 Å². The molecule has 1 amide bonds. The Hall–Kier alpha value is -2.95. The molecule has 0 aliphatic carbocycles.